The van der Waals surface area contributed by atoms with Gasteiger partial charge in [0.25, 0.3) is 5.91 Å². The first-order chi connectivity index (χ1) is 8.59. The molecule has 0 aromatic heterocycles. The summed E-state index contributed by atoms with van der Waals surface area (Å²) in [5.41, 5.74) is 2.05. The molecule has 1 aromatic carbocycles. The molecule has 0 saturated carbocycles. The van der Waals surface area contributed by atoms with E-state index >= 15 is 0 Å². The Hall–Kier alpha value is -1.03. The molecule has 1 heterocycles. The Morgan fingerprint density at radius 2 is 2.00 bits per heavy atom. The highest BCUT2D eigenvalue weighted by Crippen LogP contribution is 2.40. The third-order valence-electron chi connectivity index (χ3n) is 3.50. The maximum absolute atomic E-state index is 12.0. The van der Waals surface area contributed by atoms with Crippen LogP contribution < -0.4 is 0 Å². The molecule has 0 saturated heterocycles. The van der Waals surface area contributed by atoms with Gasteiger partial charge in [-0.05, 0) is 11.1 Å². The second-order valence-corrected chi connectivity index (χ2v) is 5.40. The van der Waals surface area contributed by atoms with Crippen LogP contribution in [0.25, 0.3) is 0 Å². The number of rotatable bonds is 1. The molecule has 0 spiro atoms. The molecule has 0 bridgehead atoms. The van der Waals surface area contributed by atoms with E-state index < -0.39 is 6.10 Å². The summed E-state index contributed by atoms with van der Waals surface area (Å²) in [4.78, 5) is 13.5. The van der Waals surface area contributed by atoms with Crippen molar-refractivity contribution >= 4 is 29.1 Å². The lowest BCUT2D eigenvalue weighted by molar-refractivity contribution is -0.129. The van der Waals surface area contributed by atoms with Crippen LogP contribution in [0.5, 0.6) is 0 Å². The molecular formula is C13H11Cl2NO2. The Bertz CT molecular complexity index is 556. The van der Waals surface area contributed by atoms with Gasteiger partial charge in [-0.1, -0.05) is 47.5 Å². The normalized spacial score (nSPS) is 27.1. The minimum absolute atomic E-state index is 0.0632. The molecule has 1 amide bonds. The SMILES string of the molecule is O=C1C(Cl)=C(Cl)CN1[C@H]1c2ccccc2C[C@H]1O. The first kappa shape index (κ1) is 12.0. The summed E-state index contributed by atoms with van der Waals surface area (Å²) >= 11 is 11.7. The molecule has 1 aromatic rings. The molecule has 3 rings (SSSR count). The van der Waals surface area contributed by atoms with E-state index in [9.17, 15) is 9.90 Å². The predicted octanol–water partition coefficient (Wildman–Crippen LogP) is 2.18. The molecule has 2 aliphatic rings. The number of aliphatic hydroxyl groups is 1. The average molecular weight is 284 g/mol. The molecule has 1 N–H and O–H groups in total. The zero-order chi connectivity index (χ0) is 12.9. The highest BCUT2D eigenvalue weighted by Gasteiger charge is 2.41. The fraction of sp³-hybridized carbons (Fsp3) is 0.308. The van der Waals surface area contributed by atoms with Crippen molar-refractivity contribution in [3.05, 3.63) is 45.5 Å². The van der Waals surface area contributed by atoms with Crippen LogP contribution in [0.15, 0.2) is 34.3 Å². The standard InChI is InChI=1S/C13H11Cl2NO2/c14-9-6-16(13(18)11(9)15)12-8-4-2-1-3-7(8)5-10(12)17/h1-4,10,12,17H,5-6H2/t10-,12+/m1/s1. The van der Waals surface area contributed by atoms with Crippen molar-refractivity contribution in [2.45, 2.75) is 18.6 Å². The van der Waals surface area contributed by atoms with Crippen LogP contribution in [-0.2, 0) is 11.2 Å². The van der Waals surface area contributed by atoms with Crippen molar-refractivity contribution < 1.29 is 9.90 Å². The minimum Gasteiger partial charge on any atom is -0.390 e. The van der Waals surface area contributed by atoms with E-state index in [0.29, 0.717) is 11.5 Å². The van der Waals surface area contributed by atoms with E-state index in [-0.39, 0.29) is 23.5 Å². The quantitative estimate of drug-likeness (QED) is 0.858. The molecule has 3 nitrogen and oxygen atoms in total. The number of aliphatic hydroxyl groups excluding tert-OH is 1. The van der Waals surface area contributed by atoms with Gasteiger partial charge >= 0.3 is 0 Å². The Balaban J connectivity index is 1.97. The number of carbonyl (C=O) groups is 1. The van der Waals surface area contributed by atoms with Gasteiger partial charge in [-0.2, -0.15) is 0 Å². The lowest BCUT2D eigenvalue weighted by atomic mass is 10.1. The summed E-state index contributed by atoms with van der Waals surface area (Å²) < 4.78 is 0. The summed E-state index contributed by atoms with van der Waals surface area (Å²) in [5.74, 6) is -0.303. The lowest BCUT2D eigenvalue weighted by Crippen LogP contribution is -2.36. The Morgan fingerprint density at radius 1 is 1.28 bits per heavy atom. The Kier molecular flexibility index (Phi) is 2.85. The second kappa shape index (κ2) is 4.26. The molecule has 0 radical (unpaired) electrons. The van der Waals surface area contributed by atoms with Crippen molar-refractivity contribution in [1.29, 1.82) is 0 Å². The van der Waals surface area contributed by atoms with Gasteiger partial charge in [-0.25, -0.2) is 0 Å². The van der Waals surface area contributed by atoms with Crippen molar-refractivity contribution in [2.24, 2.45) is 0 Å². The number of benzene rings is 1. The molecule has 2 atom stereocenters. The Labute approximate surface area is 115 Å². The molecule has 0 fully saturated rings. The third-order valence-corrected chi connectivity index (χ3v) is 4.29. The van der Waals surface area contributed by atoms with Crippen LogP contribution in [0, 0.1) is 0 Å². The van der Waals surface area contributed by atoms with Gasteiger partial charge in [0.15, 0.2) is 0 Å². The summed E-state index contributed by atoms with van der Waals surface area (Å²) in [7, 11) is 0. The maximum Gasteiger partial charge on any atom is 0.267 e. The van der Waals surface area contributed by atoms with Gasteiger partial charge in [0.2, 0.25) is 0 Å². The van der Waals surface area contributed by atoms with Gasteiger partial charge < -0.3 is 10.0 Å². The van der Waals surface area contributed by atoms with E-state index in [1.165, 1.54) is 0 Å². The summed E-state index contributed by atoms with van der Waals surface area (Å²) in [5, 5.41) is 10.6. The van der Waals surface area contributed by atoms with Gasteiger partial charge in [-0.15, -0.1) is 0 Å². The summed E-state index contributed by atoms with van der Waals surface area (Å²) in [6.45, 7) is 0.273. The number of carbonyl (C=O) groups excluding carboxylic acids is 1. The van der Waals surface area contributed by atoms with E-state index in [0.717, 1.165) is 11.1 Å². The minimum atomic E-state index is -0.599. The van der Waals surface area contributed by atoms with Crippen LogP contribution in [0.3, 0.4) is 0 Å². The van der Waals surface area contributed by atoms with Crippen LogP contribution >= 0.6 is 23.2 Å². The van der Waals surface area contributed by atoms with Gasteiger partial charge in [0, 0.05) is 6.42 Å². The molecule has 18 heavy (non-hydrogen) atoms. The van der Waals surface area contributed by atoms with Crippen LogP contribution in [0.2, 0.25) is 0 Å². The fourth-order valence-corrected chi connectivity index (χ4v) is 3.06. The van der Waals surface area contributed by atoms with Crippen LogP contribution in [-0.4, -0.2) is 28.6 Å². The van der Waals surface area contributed by atoms with Crippen molar-refractivity contribution in [3.8, 4) is 0 Å². The second-order valence-electron chi connectivity index (χ2n) is 4.57. The van der Waals surface area contributed by atoms with Crippen molar-refractivity contribution in [2.75, 3.05) is 6.54 Å². The largest absolute Gasteiger partial charge is 0.390 e. The zero-order valence-electron chi connectivity index (χ0n) is 9.44. The first-order valence-electron chi connectivity index (χ1n) is 5.70. The highest BCUT2D eigenvalue weighted by molar-refractivity contribution is 6.49. The van der Waals surface area contributed by atoms with Gasteiger partial charge in [0.1, 0.15) is 5.03 Å². The average Bonchev–Trinajstić information content (AvgIpc) is 2.80. The fourth-order valence-electron chi connectivity index (χ4n) is 2.69. The van der Waals surface area contributed by atoms with E-state index in [4.69, 9.17) is 23.2 Å². The Morgan fingerprint density at radius 3 is 2.67 bits per heavy atom. The number of hydrogen-bond donors (Lipinski definition) is 1. The van der Waals surface area contributed by atoms with Crippen molar-refractivity contribution in [3.63, 3.8) is 0 Å². The molecular weight excluding hydrogens is 273 g/mol. The first-order valence-corrected chi connectivity index (χ1v) is 6.46. The molecule has 0 unspecified atom stereocenters. The predicted molar refractivity (Wildman–Crippen MR) is 69.3 cm³/mol. The van der Waals surface area contributed by atoms with Gasteiger partial charge in [0.05, 0.1) is 23.7 Å². The van der Waals surface area contributed by atoms with Crippen molar-refractivity contribution in [1.82, 2.24) is 4.90 Å². The summed E-state index contributed by atoms with van der Waals surface area (Å²) in [6, 6.07) is 7.39. The zero-order valence-corrected chi connectivity index (χ0v) is 10.9. The summed E-state index contributed by atoms with van der Waals surface area (Å²) in [6.07, 6.45) is -0.0433. The van der Waals surface area contributed by atoms with E-state index in [1.54, 1.807) is 4.90 Å². The molecule has 1 aliphatic carbocycles. The number of hydrogen-bond acceptors (Lipinski definition) is 2. The molecule has 5 heteroatoms. The van der Waals surface area contributed by atoms with Crippen LogP contribution in [0.4, 0.5) is 0 Å². The third kappa shape index (κ3) is 1.66. The molecule has 94 valence electrons. The number of halogens is 2. The van der Waals surface area contributed by atoms with Gasteiger partial charge in [-0.3, -0.25) is 4.79 Å². The highest BCUT2D eigenvalue weighted by atomic mass is 35.5. The van der Waals surface area contributed by atoms with E-state index in [2.05, 4.69) is 0 Å². The topological polar surface area (TPSA) is 40.5 Å². The maximum atomic E-state index is 12.0. The lowest BCUT2D eigenvalue weighted by Gasteiger charge is -2.27. The monoisotopic (exact) mass is 283 g/mol. The number of fused-ring (bicyclic) bond motifs is 1. The molecule has 1 aliphatic heterocycles. The van der Waals surface area contributed by atoms with E-state index in [1.807, 2.05) is 24.3 Å². The van der Waals surface area contributed by atoms with Crippen LogP contribution in [0.1, 0.15) is 17.2 Å². The smallest absolute Gasteiger partial charge is 0.267 e. The number of nitrogens with zero attached hydrogens (tertiary/aromatic N) is 1. The number of amides is 1.